The Labute approximate surface area is 86.2 Å². The van der Waals surface area contributed by atoms with Crippen LogP contribution >= 0.6 is 31.9 Å². The second kappa shape index (κ2) is 4.33. The third-order valence-corrected chi connectivity index (χ3v) is 2.59. The molecule has 0 aromatic heterocycles. The van der Waals surface area contributed by atoms with Gasteiger partial charge in [0.05, 0.1) is 0 Å². The topological polar surface area (TPSA) is 0 Å². The SMILES string of the molecule is Fc1cc(Br)c(CCBr)cc1F. The lowest BCUT2D eigenvalue weighted by Crippen LogP contribution is -1.92. The van der Waals surface area contributed by atoms with E-state index in [-0.39, 0.29) is 0 Å². The van der Waals surface area contributed by atoms with Gasteiger partial charge in [0, 0.05) is 9.80 Å². The zero-order valence-electron chi connectivity index (χ0n) is 6.08. The van der Waals surface area contributed by atoms with Gasteiger partial charge in [0.15, 0.2) is 11.6 Å². The maximum absolute atomic E-state index is 12.7. The van der Waals surface area contributed by atoms with Crippen molar-refractivity contribution in [2.24, 2.45) is 0 Å². The summed E-state index contributed by atoms with van der Waals surface area (Å²) >= 11 is 6.38. The lowest BCUT2D eigenvalue weighted by atomic mass is 10.2. The quantitative estimate of drug-likeness (QED) is 0.577. The Hall–Kier alpha value is 0.0400. The van der Waals surface area contributed by atoms with Crippen molar-refractivity contribution in [3.63, 3.8) is 0 Å². The molecule has 0 heterocycles. The van der Waals surface area contributed by atoms with Crippen LogP contribution in [-0.2, 0) is 6.42 Å². The van der Waals surface area contributed by atoms with Crippen LogP contribution in [0.5, 0.6) is 0 Å². The van der Waals surface area contributed by atoms with Gasteiger partial charge in [-0.05, 0) is 24.1 Å². The number of hydrogen-bond acceptors (Lipinski definition) is 0. The van der Waals surface area contributed by atoms with E-state index in [9.17, 15) is 8.78 Å². The summed E-state index contributed by atoms with van der Waals surface area (Å²) in [5.74, 6) is -1.62. The summed E-state index contributed by atoms with van der Waals surface area (Å²) in [6.45, 7) is 0. The molecule has 1 aromatic carbocycles. The van der Waals surface area contributed by atoms with Crippen molar-refractivity contribution in [1.82, 2.24) is 0 Å². The van der Waals surface area contributed by atoms with E-state index in [0.717, 1.165) is 17.0 Å². The molecule has 0 atom stereocenters. The molecule has 0 aliphatic heterocycles. The first-order chi connectivity index (χ1) is 5.65. The molecule has 0 spiro atoms. The average Bonchev–Trinajstić information content (AvgIpc) is 2.01. The van der Waals surface area contributed by atoms with Crippen LogP contribution in [0, 0.1) is 11.6 Å². The first-order valence-corrected chi connectivity index (χ1v) is 5.26. The third kappa shape index (κ3) is 2.26. The maximum Gasteiger partial charge on any atom is 0.159 e. The van der Waals surface area contributed by atoms with Gasteiger partial charge in [0.2, 0.25) is 0 Å². The van der Waals surface area contributed by atoms with Crippen molar-refractivity contribution < 1.29 is 8.78 Å². The minimum Gasteiger partial charge on any atom is -0.204 e. The first-order valence-electron chi connectivity index (χ1n) is 3.34. The molecule has 0 aliphatic rings. The zero-order valence-corrected chi connectivity index (χ0v) is 9.25. The van der Waals surface area contributed by atoms with E-state index in [1.807, 2.05) is 0 Å². The predicted molar refractivity (Wildman–Crippen MR) is 51.6 cm³/mol. The molecule has 0 bridgehead atoms. The van der Waals surface area contributed by atoms with Gasteiger partial charge in [0.25, 0.3) is 0 Å². The molecule has 0 fully saturated rings. The third-order valence-electron chi connectivity index (χ3n) is 1.45. The van der Waals surface area contributed by atoms with Gasteiger partial charge in [-0.3, -0.25) is 0 Å². The van der Waals surface area contributed by atoms with Crippen LogP contribution in [0.25, 0.3) is 0 Å². The average molecular weight is 300 g/mol. The summed E-state index contributed by atoms with van der Waals surface area (Å²) < 4.78 is 25.9. The van der Waals surface area contributed by atoms with Gasteiger partial charge in [-0.15, -0.1) is 0 Å². The highest BCUT2D eigenvalue weighted by Gasteiger charge is 2.06. The summed E-state index contributed by atoms with van der Waals surface area (Å²) in [7, 11) is 0. The molecule has 0 amide bonds. The van der Waals surface area contributed by atoms with E-state index in [2.05, 4.69) is 31.9 Å². The van der Waals surface area contributed by atoms with Crippen LogP contribution in [0.2, 0.25) is 0 Å². The van der Waals surface area contributed by atoms with Crippen molar-refractivity contribution >= 4 is 31.9 Å². The second-order valence-corrected chi connectivity index (χ2v) is 3.94. The number of rotatable bonds is 2. The summed E-state index contributed by atoms with van der Waals surface area (Å²) in [6, 6.07) is 2.36. The summed E-state index contributed by atoms with van der Waals surface area (Å²) in [4.78, 5) is 0. The molecule has 0 radical (unpaired) electrons. The Bertz CT molecular complexity index is 287. The predicted octanol–water partition coefficient (Wildman–Crippen LogP) is 3.66. The number of alkyl halides is 1. The van der Waals surface area contributed by atoms with E-state index < -0.39 is 11.6 Å². The fraction of sp³-hybridized carbons (Fsp3) is 0.250. The van der Waals surface area contributed by atoms with Crippen LogP contribution in [0.1, 0.15) is 5.56 Å². The Kier molecular flexibility index (Phi) is 3.65. The van der Waals surface area contributed by atoms with Crippen molar-refractivity contribution in [3.8, 4) is 0 Å². The maximum atomic E-state index is 12.7. The molecule has 1 aromatic rings. The Morgan fingerprint density at radius 1 is 1.17 bits per heavy atom. The van der Waals surface area contributed by atoms with Crippen molar-refractivity contribution in [3.05, 3.63) is 33.8 Å². The lowest BCUT2D eigenvalue weighted by Gasteiger charge is -2.02. The normalized spacial score (nSPS) is 10.3. The number of hydrogen-bond donors (Lipinski definition) is 0. The molecular formula is C8H6Br2F2. The summed E-state index contributed by atoms with van der Waals surface area (Å²) in [6.07, 6.45) is 0.678. The van der Waals surface area contributed by atoms with Crippen molar-refractivity contribution in [2.75, 3.05) is 5.33 Å². The molecule has 0 saturated heterocycles. The minimum absolute atomic E-state index is 0.612. The van der Waals surface area contributed by atoms with Gasteiger partial charge in [-0.2, -0.15) is 0 Å². The van der Waals surface area contributed by atoms with E-state index in [1.54, 1.807) is 0 Å². The Morgan fingerprint density at radius 2 is 1.75 bits per heavy atom. The molecule has 0 aliphatic carbocycles. The van der Waals surface area contributed by atoms with Crippen LogP contribution in [-0.4, -0.2) is 5.33 Å². The molecule has 0 saturated carbocycles. The smallest absolute Gasteiger partial charge is 0.159 e. The first kappa shape index (κ1) is 10.1. The van der Waals surface area contributed by atoms with E-state index >= 15 is 0 Å². The summed E-state index contributed by atoms with van der Waals surface area (Å²) in [5, 5.41) is 0.733. The molecule has 0 unspecified atom stereocenters. The zero-order chi connectivity index (χ0) is 9.14. The van der Waals surface area contributed by atoms with E-state index in [1.165, 1.54) is 6.07 Å². The second-order valence-electron chi connectivity index (χ2n) is 2.30. The van der Waals surface area contributed by atoms with Crippen LogP contribution in [0.15, 0.2) is 16.6 Å². The molecule has 1 rings (SSSR count). The van der Waals surface area contributed by atoms with Gasteiger partial charge in [-0.1, -0.05) is 31.9 Å². The van der Waals surface area contributed by atoms with Crippen molar-refractivity contribution in [2.45, 2.75) is 6.42 Å². The fourth-order valence-electron chi connectivity index (χ4n) is 0.857. The van der Waals surface area contributed by atoms with Crippen molar-refractivity contribution in [1.29, 1.82) is 0 Å². The number of halogens is 4. The van der Waals surface area contributed by atoms with E-state index in [4.69, 9.17) is 0 Å². The van der Waals surface area contributed by atoms with Crippen LogP contribution in [0.4, 0.5) is 8.78 Å². The monoisotopic (exact) mass is 298 g/mol. The largest absolute Gasteiger partial charge is 0.204 e. The molecule has 0 nitrogen and oxygen atoms in total. The molecule has 0 N–H and O–H groups in total. The van der Waals surface area contributed by atoms with Gasteiger partial charge in [-0.25, -0.2) is 8.78 Å². The van der Waals surface area contributed by atoms with Crippen LogP contribution in [0.3, 0.4) is 0 Å². The number of benzene rings is 1. The standard InChI is InChI=1S/C8H6Br2F2/c9-2-1-5-3-7(11)8(12)4-6(5)10/h3-4H,1-2H2. The highest BCUT2D eigenvalue weighted by Crippen LogP contribution is 2.21. The molecule has 4 heteroatoms. The highest BCUT2D eigenvalue weighted by atomic mass is 79.9. The highest BCUT2D eigenvalue weighted by molar-refractivity contribution is 9.10. The molecular weight excluding hydrogens is 294 g/mol. The molecule has 12 heavy (non-hydrogen) atoms. The Balaban J connectivity index is 3.05. The van der Waals surface area contributed by atoms with E-state index in [0.29, 0.717) is 10.9 Å². The fourth-order valence-corrected chi connectivity index (χ4v) is 1.80. The lowest BCUT2D eigenvalue weighted by molar-refractivity contribution is 0.506. The molecule has 66 valence electrons. The van der Waals surface area contributed by atoms with Gasteiger partial charge < -0.3 is 0 Å². The van der Waals surface area contributed by atoms with Gasteiger partial charge >= 0.3 is 0 Å². The van der Waals surface area contributed by atoms with Gasteiger partial charge in [0.1, 0.15) is 0 Å². The minimum atomic E-state index is -0.819. The Morgan fingerprint density at radius 3 is 2.33 bits per heavy atom. The number of aryl methyl sites for hydroxylation is 1. The summed E-state index contributed by atoms with van der Waals surface area (Å²) in [5.41, 5.74) is 0.769. The van der Waals surface area contributed by atoms with Crippen LogP contribution < -0.4 is 0 Å².